The van der Waals surface area contributed by atoms with Crippen molar-refractivity contribution in [2.45, 2.75) is 61.4 Å². The number of hydrogen-bond donors (Lipinski definition) is 9. The average Bonchev–Trinajstić information content (AvgIpc) is 2.96. The summed E-state index contributed by atoms with van der Waals surface area (Å²) in [6.45, 7) is -1.22. The molecule has 0 saturated carbocycles. The Morgan fingerprint density at radius 3 is 1.78 bits per heavy atom. The number of rotatable bonds is 9. The lowest BCUT2D eigenvalue weighted by Gasteiger charge is -2.39. The maximum Gasteiger partial charge on any atom is 0.229 e. The summed E-state index contributed by atoms with van der Waals surface area (Å²) < 4.78 is 27.3. The number of methoxy groups -OCH3 is 1. The molecule has 4 rings (SSSR count). The maximum absolute atomic E-state index is 10.2. The highest BCUT2D eigenvalue weighted by Crippen LogP contribution is 2.33. The number of phenols is 1. The number of aromatic hydroxyl groups is 1. The van der Waals surface area contributed by atoms with Gasteiger partial charge in [-0.25, -0.2) is 0 Å². The number of aliphatic hydroxyl groups excluding tert-OH is 8. The van der Waals surface area contributed by atoms with Gasteiger partial charge in [-0.05, 0) is 35.4 Å². The third-order valence-electron chi connectivity index (χ3n) is 6.76. The Morgan fingerprint density at radius 1 is 0.659 bits per heavy atom. The lowest BCUT2D eigenvalue weighted by molar-refractivity contribution is -0.277. The van der Waals surface area contributed by atoms with Crippen LogP contribution in [0.4, 0.5) is 0 Å². The molecule has 2 fully saturated rings. The average molecular weight is 583 g/mol. The highest BCUT2D eigenvalue weighted by atomic mass is 16.7. The molecule has 10 atom stereocenters. The number of benzene rings is 2. The van der Waals surface area contributed by atoms with Crippen molar-refractivity contribution < 1.29 is 69.6 Å². The van der Waals surface area contributed by atoms with E-state index in [9.17, 15) is 46.0 Å². The fourth-order valence-electron chi connectivity index (χ4n) is 4.44. The second-order valence-electron chi connectivity index (χ2n) is 9.63. The Kier molecular flexibility index (Phi) is 10.0. The zero-order chi connectivity index (χ0) is 29.8. The van der Waals surface area contributed by atoms with Gasteiger partial charge in [-0.2, -0.15) is 0 Å². The van der Waals surface area contributed by atoms with E-state index in [0.29, 0.717) is 11.1 Å². The first-order valence-electron chi connectivity index (χ1n) is 12.7. The summed E-state index contributed by atoms with van der Waals surface area (Å²) in [6.07, 6.45) is -11.3. The lowest BCUT2D eigenvalue weighted by Crippen LogP contribution is -2.60. The third kappa shape index (κ3) is 6.90. The van der Waals surface area contributed by atoms with Gasteiger partial charge in [-0.3, -0.25) is 0 Å². The molecule has 2 heterocycles. The van der Waals surface area contributed by atoms with Gasteiger partial charge in [-0.15, -0.1) is 0 Å². The van der Waals surface area contributed by atoms with Crippen molar-refractivity contribution in [1.82, 2.24) is 0 Å². The molecular weight excluding hydrogens is 548 g/mol. The Labute approximate surface area is 234 Å². The van der Waals surface area contributed by atoms with E-state index >= 15 is 0 Å². The van der Waals surface area contributed by atoms with Crippen molar-refractivity contribution in [2.24, 2.45) is 0 Å². The molecule has 14 nitrogen and oxygen atoms in total. The molecule has 9 N–H and O–H groups in total. The van der Waals surface area contributed by atoms with Gasteiger partial charge in [0.25, 0.3) is 0 Å². The van der Waals surface area contributed by atoms with Crippen molar-refractivity contribution in [3.8, 4) is 23.0 Å². The van der Waals surface area contributed by atoms with E-state index in [1.807, 2.05) is 0 Å². The van der Waals surface area contributed by atoms with Crippen LogP contribution in [-0.2, 0) is 9.47 Å². The summed E-state index contributed by atoms with van der Waals surface area (Å²) in [5, 5.41) is 89.2. The molecule has 0 aromatic heterocycles. The summed E-state index contributed by atoms with van der Waals surface area (Å²) >= 11 is 0. The number of phenolic OH excluding ortho intramolecular Hbond substituents is 1. The summed E-state index contributed by atoms with van der Waals surface area (Å²) in [5.41, 5.74) is 1.10. The Balaban J connectivity index is 1.47. The van der Waals surface area contributed by atoms with Gasteiger partial charge in [-0.1, -0.05) is 18.2 Å². The van der Waals surface area contributed by atoms with Gasteiger partial charge in [0.2, 0.25) is 12.6 Å². The first-order chi connectivity index (χ1) is 19.6. The molecule has 0 amide bonds. The molecule has 0 spiro atoms. The zero-order valence-electron chi connectivity index (χ0n) is 21.9. The van der Waals surface area contributed by atoms with E-state index < -0.39 is 74.6 Å². The minimum absolute atomic E-state index is 0.0786. The van der Waals surface area contributed by atoms with Crippen molar-refractivity contribution >= 4 is 12.2 Å². The van der Waals surface area contributed by atoms with Crippen molar-refractivity contribution in [3.63, 3.8) is 0 Å². The van der Waals surface area contributed by atoms with Crippen LogP contribution in [0.15, 0.2) is 36.4 Å². The van der Waals surface area contributed by atoms with Crippen LogP contribution >= 0.6 is 0 Å². The SMILES string of the molecule is COc1cc(/C=C/c2cc(O)cc(O[C@@H]3O[C@H](CO)[C@@H](O)[C@H](O)[C@H]3O)c2)ccc1O[C@@H]1O[C@H](CO)[C@@H](O)[C@H](O)[C@H]1O. The van der Waals surface area contributed by atoms with E-state index in [1.165, 1.54) is 31.4 Å². The summed E-state index contributed by atoms with van der Waals surface area (Å²) in [5.74, 6) is 0.302. The smallest absolute Gasteiger partial charge is 0.229 e. The van der Waals surface area contributed by atoms with Crippen LogP contribution in [0.25, 0.3) is 12.2 Å². The predicted molar refractivity (Wildman–Crippen MR) is 139 cm³/mol. The minimum Gasteiger partial charge on any atom is -0.508 e. The van der Waals surface area contributed by atoms with Gasteiger partial charge in [0.15, 0.2) is 11.5 Å². The Hall–Kier alpha value is -3.02. The molecule has 0 aliphatic carbocycles. The van der Waals surface area contributed by atoms with E-state index in [2.05, 4.69) is 0 Å². The molecule has 0 unspecified atom stereocenters. The first-order valence-corrected chi connectivity index (χ1v) is 12.7. The zero-order valence-corrected chi connectivity index (χ0v) is 21.9. The third-order valence-corrected chi connectivity index (χ3v) is 6.76. The molecule has 2 aromatic carbocycles. The van der Waals surface area contributed by atoms with Crippen LogP contribution in [0.5, 0.6) is 23.0 Å². The quantitative estimate of drug-likeness (QED) is 0.145. The number of hydrogen-bond acceptors (Lipinski definition) is 14. The fourth-order valence-corrected chi connectivity index (χ4v) is 4.44. The molecule has 0 radical (unpaired) electrons. The Bertz CT molecular complexity index is 1190. The molecule has 2 aromatic rings. The number of ether oxygens (including phenoxy) is 5. The van der Waals surface area contributed by atoms with E-state index in [4.69, 9.17) is 23.7 Å². The van der Waals surface area contributed by atoms with E-state index in [1.54, 1.807) is 24.3 Å². The summed E-state index contributed by atoms with van der Waals surface area (Å²) in [6, 6.07) is 8.98. The molecule has 0 bridgehead atoms. The monoisotopic (exact) mass is 582 g/mol. The molecule has 2 aliphatic heterocycles. The normalized spacial score (nSPS) is 34.0. The van der Waals surface area contributed by atoms with Gasteiger partial charge in [0.1, 0.15) is 60.3 Å². The van der Waals surface area contributed by atoms with E-state index in [-0.39, 0.29) is 23.0 Å². The van der Waals surface area contributed by atoms with Crippen LogP contribution in [0.3, 0.4) is 0 Å². The second-order valence-corrected chi connectivity index (χ2v) is 9.63. The molecule has 2 saturated heterocycles. The van der Waals surface area contributed by atoms with Crippen LogP contribution in [0.2, 0.25) is 0 Å². The fraction of sp³-hybridized carbons (Fsp3) is 0.481. The highest BCUT2D eigenvalue weighted by molar-refractivity contribution is 5.72. The predicted octanol–water partition coefficient (Wildman–Crippen LogP) is -2.07. The lowest BCUT2D eigenvalue weighted by atomic mass is 9.99. The van der Waals surface area contributed by atoms with Gasteiger partial charge in [0, 0.05) is 6.07 Å². The minimum atomic E-state index is -1.62. The van der Waals surface area contributed by atoms with Crippen molar-refractivity contribution in [1.29, 1.82) is 0 Å². The van der Waals surface area contributed by atoms with Crippen molar-refractivity contribution in [2.75, 3.05) is 20.3 Å². The summed E-state index contributed by atoms with van der Waals surface area (Å²) in [4.78, 5) is 0. The molecule has 14 heteroatoms. The highest BCUT2D eigenvalue weighted by Gasteiger charge is 2.46. The van der Waals surface area contributed by atoms with E-state index in [0.717, 1.165) is 0 Å². The van der Waals surface area contributed by atoms with Crippen LogP contribution in [0, 0.1) is 0 Å². The molecule has 226 valence electrons. The van der Waals surface area contributed by atoms with Crippen molar-refractivity contribution in [3.05, 3.63) is 47.5 Å². The largest absolute Gasteiger partial charge is 0.508 e. The van der Waals surface area contributed by atoms with Gasteiger partial charge < -0.3 is 69.6 Å². The first kappa shape index (κ1) is 30.9. The maximum atomic E-state index is 10.2. The standard InChI is InChI=1S/C27H34O14/c1-37-17-8-12(4-5-16(17)39-27-25(36)23(34)21(32)19(11-29)41-27)2-3-13-6-14(30)9-15(7-13)38-26-24(35)22(33)20(31)18(10-28)40-26/h2-9,18-36H,10-11H2,1H3/b3-2+/t18-,19-,20-,21-,22+,23+,24-,25-,26-,27-/m1/s1. The van der Waals surface area contributed by atoms with Crippen LogP contribution in [-0.4, -0.2) is 128 Å². The van der Waals surface area contributed by atoms with Crippen LogP contribution in [0.1, 0.15) is 11.1 Å². The summed E-state index contributed by atoms with van der Waals surface area (Å²) in [7, 11) is 1.39. The molecule has 2 aliphatic rings. The second kappa shape index (κ2) is 13.3. The van der Waals surface area contributed by atoms with Gasteiger partial charge in [0.05, 0.1) is 20.3 Å². The van der Waals surface area contributed by atoms with Crippen LogP contribution < -0.4 is 14.2 Å². The Morgan fingerprint density at radius 2 is 1.22 bits per heavy atom. The topological polar surface area (TPSA) is 228 Å². The molecule has 41 heavy (non-hydrogen) atoms. The number of aliphatic hydroxyl groups is 8. The molecular formula is C27H34O14. The van der Waals surface area contributed by atoms with Gasteiger partial charge >= 0.3 is 0 Å².